The molecule has 84 valence electrons. The largest absolute Gasteiger partial charge is 0.482 e. The molecule has 0 atom stereocenters. The molecule has 7 heteroatoms. The fraction of sp³-hybridized carbons (Fsp3) is 0.333. The fourth-order valence-corrected chi connectivity index (χ4v) is 1.24. The second-order valence-electron chi connectivity index (χ2n) is 3.40. The minimum atomic E-state index is -1.64. The second kappa shape index (κ2) is 3.97. The number of halogens is 4. The molecule has 0 aliphatic carbocycles. The summed E-state index contributed by atoms with van der Waals surface area (Å²) in [6.07, 6.45) is -0.494. The van der Waals surface area contributed by atoms with Crippen LogP contribution in [0.2, 0.25) is 0 Å². The highest BCUT2D eigenvalue weighted by Crippen LogP contribution is 2.26. The number of ether oxygens (including phenoxy) is 1. The maximum absolute atomic E-state index is 13.2. The summed E-state index contributed by atoms with van der Waals surface area (Å²) in [4.78, 5) is 0. The maximum Gasteiger partial charge on any atom is 0.203 e. The van der Waals surface area contributed by atoms with Crippen molar-refractivity contribution in [1.82, 2.24) is 5.32 Å². The molecule has 2 rings (SSSR count). The average molecular weight is 231 g/mol. The molecular formula is C9H6BF4NO. The molecule has 0 saturated carbocycles. The van der Waals surface area contributed by atoms with E-state index in [0.717, 1.165) is 0 Å². The summed E-state index contributed by atoms with van der Waals surface area (Å²) in [7, 11) is 4.83. The first kappa shape index (κ1) is 11.3. The molecule has 1 aliphatic rings. The first-order valence-electron chi connectivity index (χ1n) is 4.51. The Balaban J connectivity index is 2.42. The molecule has 1 aliphatic heterocycles. The van der Waals surface area contributed by atoms with Crippen LogP contribution in [-0.2, 0) is 0 Å². The summed E-state index contributed by atoms with van der Waals surface area (Å²) >= 11 is 0. The molecule has 1 aromatic carbocycles. The molecule has 0 unspecified atom stereocenters. The highest BCUT2D eigenvalue weighted by Gasteiger charge is 2.28. The van der Waals surface area contributed by atoms with Crippen molar-refractivity contribution in [3.63, 3.8) is 0 Å². The van der Waals surface area contributed by atoms with E-state index in [1.165, 1.54) is 0 Å². The first-order chi connectivity index (χ1) is 7.52. The lowest BCUT2D eigenvalue weighted by Gasteiger charge is -2.28. The van der Waals surface area contributed by atoms with Gasteiger partial charge in [0.2, 0.25) is 11.6 Å². The molecule has 0 aromatic heterocycles. The third-order valence-corrected chi connectivity index (χ3v) is 2.29. The Labute approximate surface area is 90.0 Å². The van der Waals surface area contributed by atoms with Gasteiger partial charge in [-0.2, -0.15) is 8.78 Å². The van der Waals surface area contributed by atoms with E-state index in [0.29, 0.717) is 13.1 Å². The molecule has 2 radical (unpaired) electrons. The van der Waals surface area contributed by atoms with E-state index < -0.39 is 40.6 Å². The van der Waals surface area contributed by atoms with Crippen LogP contribution in [0.15, 0.2) is 0 Å². The smallest absolute Gasteiger partial charge is 0.203 e. The van der Waals surface area contributed by atoms with Crippen molar-refractivity contribution in [3.8, 4) is 5.75 Å². The van der Waals surface area contributed by atoms with E-state index in [1.54, 1.807) is 0 Å². The van der Waals surface area contributed by atoms with Crippen molar-refractivity contribution in [3.05, 3.63) is 23.3 Å². The Bertz CT molecular complexity index is 407. The summed E-state index contributed by atoms with van der Waals surface area (Å²) in [5.41, 5.74) is -1.19. The minimum Gasteiger partial charge on any atom is -0.482 e. The Hall–Kier alpha value is -1.24. The van der Waals surface area contributed by atoms with Crippen LogP contribution in [-0.4, -0.2) is 27.0 Å². The molecule has 1 saturated heterocycles. The van der Waals surface area contributed by atoms with Gasteiger partial charge in [-0.25, -0.2) is 8.78 Å². The second-order valence-corrected chi connectivity index (χ2v) is 3.40. The molecule has 16 heavy (non-hydrogen) atoms. The molecule has 1 fully saturated rings. The van der Waals surface area contributed by atoms with Crippen molar-refractivity contribution in [2.75, 3.05) is 13.1 Å². The Morgan fingerprint density at radius 1 is 1.00 bits per heavy atom. The molecule has 0 bridgehead atoms. The highest BCUT2D eigenvalue weighted by atomic mass is 19.2. The minimum absolute atomic E-state index is 0.368. The quantitative estimate of drug-likeness (QED) is 0.451. The number of hydrogen-bond donors (Lipinski definition) is 1. The molecule has 1 aromatic rings. The van der Waals surface area contributed by atoms with Crippen molar-refractivity contribution in [1.29, 1.82) is 0 Å². The predicted molar refractivity (Wildman–Crippen MR) is 48.9 cm³/mol. The van der Waals surface area contributed by atoms with Gasteiger partial charge in [0.15, 0.2) is 17.4 Å². The van der Waals surface area contributed by atoms with Gasteiger partial charge in [-0.3, -0.25) is 0 Å². The average Bonchev–Trinajstić information content (AvgIpc) is 2.21. The standard InChI is InChI=1S/C9H6BF4NO/c10-4-5(11)7(13)9(8(14)6(4)12)16-3-1-15-2-3/h3,15H,1-2H2. The van der Waals surface area contributed by atoms with Crippen LogP contribution in [0.25, 0.3) is 0 Å². The lowest BCUT2D eigenvalue weighted by Crippen LogP contribution is -2.50. The SMILES string of the molecule is [B]c1c(F)c(F)c(OC2CNC2)c(F)c1F. The van der Waals surface area contributed by atoms with E-state index in [4.69, 9.17) is 12.6 Å². The lowest BCUT2D eigenvalue weighted by atomic mass is 9.94. The van der Waals surface area contributed by atoms with Gasteiger partial charge in [0, 0.05) is 13.1 Å². The fourth-order valence-electron chi connectivity index (χ4n) is 1.24. The van der Waals surface area contributed by atoms with Crippen molar-refractivity contribution < 1.29 is 22.3 Å². The third-order valence-electron chi connectivity index (χ3n) is 2.29. The van der Waals surface area contributed by atoms with Gasteiger partial charge in [0.25, 0.3) is 0 Å². The molecular weight excluding hydrogens is 225 g/mol. The number of hydrogen-bond acceptors (Lipinski definition) is 2. The Morgan fingerprint density at radius 2 is 1.50 bits per heavy atom. The summed E-state index contributed by atoms with van der Waals surface area (Å²) in [5, 5.41) is 2.78. The molecule has 1 heterocycles. The predicted octanol–water partition coefficient (Wildman–Crippen LogP) is 0.387. The van der Waals surface area contributed by atoms with E-state index >= 15 is 0 Å². The third kappa shape index (κ3) is 1.65. The van der Waals surface area contributed by atoms with Crippen LogP contribution >= 0.6 is 0 Å². The molecule has 2 nitrogen and oxygen atoms in total. The highest BCUT2D eigenvalue weighted by molar-refractivity contribution is 6.32. The monoisotopic (exact) mass is 231 g/mol. The van der Waals surface area contributed by atoms with E-state index in [2.05, 4.69) is 5.32 Å². The van der Waals surface area contributed by atoms with Gasteiger partial charge in [0.1, 0.15) is 14.0 Å². The van der Waals surface area contributed by atoms with E-state index in [1.807, 2.05) is 0 Å². The van der Waals surface area contributed by atoms with Gasteiger partial charge < -0.3 is 10.1 Å². The molecule has 0 amide bonds. The summed E-state index contributed by atoms with van der Waals surface area (Å²) in [6, 6.07) is 0. The van der Waals surface area contributed by atoms with E-state index in [-0.39, 0.29) is 0 Å². The van der Waals surface area contributed by atoms with Crippen molar-refractivity contribution in [2.24, 2.45) is 0 Å². The summed E-state index contributed by atoms with van der Waals surface area (Å²) in [5.74, 6) is -7.55. The Kier molecular flexibility index (Phi) is 2.79. The summed E-state index contributed by atoms with van der Waals surface area (Å²) in [6.45, 7) is 0.735. The number of nitrogens with one attached hydrogen (secondary N) is 1. The first-order valence-corrected chi connectivity index (χ1v) is 4.51. The van der Waals surface area contributed by atoms with Gasteiger partial charge in [0.05, 0.1) is 0 Å². The van der Waals surface area contributed by atoms with Crippen LogP contribution in [0, 0.1) is 23.3 Å². The lowest BCUT2D eigenvalue weighted by molar-refractivity contribution is 0.127. The van der Waals surface area contributed by atoms with Crippen molar-refractivity contribution >= 4 is 13.3 Å². The normalized spacial score (nSPS) is 16.0. The van der Waals surface area contributed by atoms with Gasteiger partial charge >= 0.3 is 0 Å². The van der Waals surface area contributed by atoms with Gasteiger partial charge in [-0.15, -0.1) is 0 Å². The zero-order valence-corrected chi connectivity index (χ0v) is 7.99. The van der Waals surface area contributed by atoms with Crippen LogP contribution < -0.4 is 15.5 Å². The zero-order valence-electron chi connectivity index (χ0n) is 7.99. The maximum atomic E-state index is 13.2. The topological polar surface area (TPSA) is 21.3 Å². The van der Waals surface area contributed by atoms with Crippen LogP contribution in [0.3, 0.4) is 0 Å². The number of benzene rings is 1. The number of rotatable bonds is 2. The zero-order chi connectivity index (χ0) is 11.9. The Morgan fingerprint density at radius 3 is 1.88 bits per heavy atom. The van der Waals surface area contributed by atoms with Crippen LogP contribution in [0.5, 0.6) is 5.75 Å². The van der Waals surface area contributed by atoms with Crippen LogP contribution in [0.4, 0.5) is 17.6 Å². The molecule has 1 N–H and O–H groups in total. The van der Waals surface area contributed by atoms with Gasteiger partial charge in [-0.05, 0) is 5.46 Å². The summed E-state index contributed by atoms with van der Waals surface area (Å²) < 4.78 is 57.2. The van der Waals surface area contributed by atoms with Crippen LogP contribution in [0.1, 0.15) is 0 Å². The van der Waals surface area contributed by atoms with Gasteiger partial charge in [-0.1, -0.05) is 0 Å². The van der Waals surface area contributed by atoms with Crippen molar-refractivity contribution in [2.45, 2.75) is 6.10 Å². The van der Waals surface area contributed by atoms with E-state index in [9.17, 15) is 17.6 Å². The molecule has 0 spiro atoms.